The van der Waals surface area contributed by atoms with Gasteiger partial charge >= 0.3 is 5.69 Å². The van der Waals surface area contributed by atoms with Gasteiger partial charge in [0.1, 0.15) is 5.56 Å². The summed E-state index contributed by atoms with van der Waals surface area (Å²) < 4.78 is 1.10. The Labute approximate surface area is 226 Å². The van der Waals surface area contributed by atoms with Gasteiger partial charge in [0, 0.05) is 29.2 Å². The van der Waals surface area contributed by atoms with Crippen LogP contribution in [0.1, 0.15) is 47.6 Å². The second-order valence-corrected chi connectivity index (χ2v) is 9.77. The fourth-order valence-corrected chi connectivity index (χ4v) is 4.84. The molecule has 5 rings (SSSR count). The van der Waals surface area contributed by atoms with Gasteiger partial charge in [-0.05, 0) is 61.6 Å². The second kappa shape index (κ2) is 11.4. The van der Waals surface area contributed by atoms with Crippen LogP contribution in [0.3, 0.4) is 0 Å². The van der Waals surface area contributed by atoms with Crippen LogP contribution in [-0.2, 0) is 12.8 Å². The minimum absolute atomic E-state index is 0.0397. The topological polar surface area (TPSA) is 103 Å². The summed E-state index contributed by atoms with van der Waals surface area (Å²) in [6.45, 7) is 4.52. The van der Waals surface area contributed by atoms with E-state index in [0.29, 0.717) is 29.9 Å². The summed E-state index contributed by atoms with van der Waals surface area (Å²) in [5.41, 5.74) is 4.57. The van der Waals surface area contributed by atoms with Crippen molar-refractivity contribution in [2.45, 2.75) is 39.5 Å². The lowest BCUT2D eigenvalue weighted by atomic mass is 10.0. The van der Waals surface area contributed by atoms with Gasteiger partial charge in [-0.3, -0.25) is 14.8 Å². The number of aromatic nitrogens is 3. The van der Waals surface area contributed by atoms with Gasteiger partial charge in [-0.2, -0.15) is 0 Å². The first-order chi connectivity index (χ1) is 19.0. The molecule has 198 valence electrons. The van der Waals surface area contributed by atoms with Crippen LogP contribution in [0.15, 0.2) is 93.6 Å². The van der Waals surface area contributed by atoms with Crippen molar-refractivity contribution >= 4 is 16.6 Å². The van der Waals surface area contributed by atoms with Crippen LogP contribution in [0, 0.1) is 6.92 Å². The van der Waals surface area contributed by atoms with Crippen LogP contribution < -0.4 is 11.2 Å². The maximum atomic E-state index is 13.1. The SMILES string of the molecule is CCCCc1ccc2[nH]cc(CCN=C(c3ccccc3)c3c(O)n(-c4ccc(C)cc4)c(=O)[nH]c3=O)c2c1. The number of aryl methyl sites for hydroxylation is 2. The molecule has 0 aliphatic carbocycles. The fraction of sp³-hybridized carbons (Fsp3) is 0.219. The van der Waals surface area contributed by atoms with E-state index < -0.39 is 17.1 Å². The number of H-pyrrole nitrogens is 2. The highest BCUT2D eigenvalue weighted by Crippen LogP contribution is 2.23. The van der Waals surface area contributed by atoms with Gasteiger partial charge in [-0.15, -0.1) is 0 Å². The van der Waals surface area contributed by atoms with Crippen molar-refractivity contribution in [1.82, 2.24) is 14.5 Å². The summed E-state index contributed by atoms with van der Waals surface area (Å²) in [5, 5.41) is 12.5. The van der Waals surface area contributed by atoms with E-state index in [2.05, 4.69) is 35.1 Å². The summed E-state index contributed by atoms with van der Waals surface area (Å²) >= 11 is 0. The zero-order valence-electron chi connectivity index (χ0n) is 22.2. The summed E-state index contributed by atoms with van der Waals surface area (Å²) in [7, 11) is 0. The highest BCUT2D eigenvalue weighted by atomic mass is 16.3. The monoisotopic (exact) mass is 520 g/mol. The standard InChI is InChI=1S/C32H32N4O3/c1-3-4-8-22-13-16-27-26(19-22)24(20-34-27)17-18-33-29(23-9-6-5-7-10-23)28-30(37)35-32(39)36(31(28)38)25-14-11-21(2)12-15-25/h5-7,9-16,19-20,34,38H,3-4,8,17-18H2,1-2H3,(H,35,37,39). The predicted molar refractivity (Wildman–Crippen MR) is 157 cm³/mol. The average molecular weight is 521 g/mol. The van der Waals surface area contributed by atoms with Crippen molar-refractivity contribution < 1.29 is 5.11 Å². The number of nitrogens with one attached hydrogen (secondary N) is 2. The van der Waals surface area contributed by atoms with Gasteiger partial charge in [-0.25, -0.2) is 9.36 Å². The van der Waals surface area contributed by atoms with Gasteiger partial charge in [-0.1, -0.05) is 67.4 Å². The molecule has 0 spiro atoms. The molecule has 2 aromatic heterocycles. The quantitative estimate of drug-likeness (QED) is 0.225. The second-order valence-electron chi connectivity index (χ2n) is 9.77. The molecular formula is C32H32N4O3. The van der Waals surface area contributed by atoms with Gasteiger partial charge in [0.2, 0.25) is 5.88 Å². The van der Waals surface area contributed by atoms with E-state index in [0.717, 1.165) is 40.5 Å². The fourth-order valence-electron chi connectivity index (χ4n) is 4.84. The molecule has 0 aliphatic heterocycles. The summed E-state index contributed by atoms with van der Waals surface area (Å²) in [6, 6.07) is 22.9. The Balaban J connectivity index is 1.55. The number of aromatic hydroxyl groups is 1. The Morgan fingerprint density at radius 3 is 2.49 bits per heavy atom. The molecule has 2 heterocycles. The molecule has 0 unspecified atom stereocenters. The highest BCUT2D eigenvalue weighted by Gasteiger charge is 2.21. The zero-order chi connectivity index (χ0) is 27.4. The molecule has 7 nitrogen and oxygen atoms in total. The van der Waals surface area contributed by atoms with Crippen LogP contribution in [0.25, 0.3) is 16.6 Å². The lowest BCUT2D eigenvalue weighted by Gasteiger charge is -2.14. The van der Waals surface area contributed by atoms with Crippen LogP contribution in [0.4, 0.5) is 0 Å². The Hall–Kier alpha value is -4.65. The molecule has 0 fully saturated rings. The summed E-state index contributed by atoms with van der Waals surface area (Å²) in [6.07, 6.45) is 6.00. The largest absolute Gasteiger partial charge is 0.493 e. The van der Waals surface area contributed by atoms with E-state index in [1.807, 2.05) is 55.6 Å². The minimum Gasteiger partial charge on any atom is -0.493 e. The van der Waals surface area contributed by atoms with Gasteiger partial charge in [0.25, 0.3) is 5.56 Å². The average Bonchev–Trinajstić information content (AvgIpc) is 3.34. The number of hydrogen-bond donors (Lipinski definition) is 3. The van der Waals surface area contributed by atoms with Crippen molar-refractivity contribution in [3.63, 3.8) is 0 Å². The molecule has 0 aliphatic rings. The van der Waals surface area contributed by atoms with Crippen molar-refractivity contribution in [3.8, 4) is 11.6 Å². The summed E-state index contributed by atoms with van der Waals surface area (Å²) in [5.74, 6) is -0.442. The van der Waals surface area contributed by atoms with Crippen molar-refractivity contribution in [1.29, 1.82) is 0 Å². The number of unbranched alkanes of at least 4 members (excludes halogenated alkanes) is 1. The third kappa shape index (κ3) is 5.48. The molecule has 5 aromatic rings. The normalized spacial score (nSPS) is 11.8. The maximum absolute atomic E-state index is 13.1. The number of fused-ring (bicyclic) bond motifs is 1. The molecule has 7 heteroatoms. The van der Waals surface area contributed by atoms with Gasteiger partial charge < -0.3 is 10.1 Å². The Bertz CT molecular complexity index is 1740. The van der Waals surface area contributed by atoms with E-state index in [1.165, 1.54) is 10.9 Å². The van der Waals surface area contributed by atoms with E-state index >= 15 is 0 Å². The molecule has 3 N–H and O–H groups in total. The van der Waals surface area contributed by atoms with E-state index in [1.54, 1.807) is 12.1 Å². The molecule has 39 heavy (non-hydrogen) atoms. The predicted octanol–water partition coefficient (Wildman–Crippen LogP) is 5.44. The smallest absolute Gasteiger partial charge is 0.335 e. The molecule has 0 saturated heterocycles. The number of aliphatic imine (C=N–C) groups is 1. The van der Waals surface area contributed by atoms with Crippen molar-refractivity contribution in [2.24, 2.45) is 4.99 Å². The minimum atomic E-state index is -0.713. The van der Waals surface area contributed by atoms with Crippen molar-refractivity contribution in [2.75, 3.05) is 6.54 Å². The van der Waals surface area contributed by atoms with Crippen LogP contribution in [0.5, 0.6) is 5.88 Å². The molecule has 0 atom stereocenters. The third-order valence-electron chi connectivity index (χ3n) is 6.96. The highest BCUT2D eigenvalue weighted by molar-refractivity contribution is 6.14. The molecule has 0 amide bonds. The van der Waals surface area contributed by atoms with Gasteiger partial charge in [0.05, 0.1) is 11.4 Å². The maximum Gasteiger partial charge on any atom is 0.335 e. The van der Waals surface area contributed by atoms with Crippen LogP contribution in [0.2, 0.25) is 0 Å². The van der Waals surface area contributed by atoms with E-state index in [-0.39, 0.29) is 5.56 Å². The lowest BCUT2D eigenvalue weighted by Crippen LogP contribution is -2.33. The Morgan fingerprint density at radius 2 is 1.74 bits per heavy atom. The van der Waals surface area contributed by atoms with Crippen LogP contribution in [-0.4, -0.2) is 31.9 Å². The van der Waals surface area contributed by atoms with E-state index in [4.69, 9.17) is 4.99 Å². The molecule has 0 radical (unpaired) electrons. The van der Waals surface area contributed by atoms with Crippen molar-refractivity contribution in [3.05, 3.63) is 128 Å². The van der Waals surface area contributed by atoms with E-state index in [9.17, 15) is 14.7 Å². The number of benzene rings is 3. The first-order valence-corrected chi connectivity index (χ1v) is 13.3. The Kier molecular flexibility index (Phi) is 7.59. The number of rotatable bonds is 9. The lowest BCUT2D eigenvalue weighted by molar-refractivity contribution is 0.430. The first kappa shape index (κ1) is 26.0. The number of aromatic amines is 2. The molecule has 3 aromatic carbocycles. The molecule has 0 bridgehead atoms. The summed E-state index contributed by atoms with van der Waals surface area (Å²) in [4.78, 5) is 36.4. The zero-order valence-corrected chi connectivity index (χ0v) is 22.2. The molecular weight excluding hydrogens is 488 g/mol. The Morgan fingerprint density at radius 1 is 0.974 bits per heavy atom. The number of nitrogens with zero attached hydrogens (tertiary/aromatic N) is 2. The third-order valence-corrected chi connectivity index (χ3v) is 6.96. The van der Waals surface area contributed by atoms with Crippen LogP contribution >= 0.6 is 0 Å². The van der Waals surface area contributed by atoms with Gasteiger partial charge in [0.15, 0.2) is 0 Å². The molecule has 0 saturated carbocycles. The number of hydrogen-bond acceptors (Lipinski definition) is 4. The first-order valence-electron chi connectivity index (χ1n) is 13.3.